The normalized spacial score (nSPS) is 12.1. The highest BCUT2D eigenvalue weighted by atomic mass is 19.4. The quantitative estimate of drug-likeness (QED) is 0.158. The number of hydrogen-bond donors (Lipinski definition) is 0. The van der Waals surface area contributed by atoms with Gasteiger partial charge in [-0.3, -0.25) is 0 Å². The first-order valence-electron chi connectivity index (χ1n) is 18.7. The monoisotopic (exact) mass is 790 g/mol. The fourth-order valence-corrected chi connectivity index (χ4v) is 7.78. The van der Waals surface area contributed by atoms with Crippen LogP contribution in [-0.2, 0) is 12.4 Å². The van der Waals surface area contributed by atoms with Crippen LogP contribution in [-0.4, -0.2) is 19.5 Å². The van der Waals surface area contributed by atoms with E-state index in [9.17, 15) is 26.3 Å². The highest BCUT2D eigenvalue weighted by Crippen LogP contribution is 2.45. The Hall–Kier alpha value is -7.07. The van der Waals surface area contributed by atoms with Gasteiger partial charge in [0, 0.05) is 33.2 Å². The van der Waals surface area contributed by atoms with Gasteiger partial charge in [-0.05, 0) is 72.5 Å². The van der Waals surface area contributed by atoms with Gasteiger partial charge in [-0.15, -0.1) is 0 Å². The number of alkyl halides is 6. The second kappa shape index (κ2) is 14.4. The van der Waals surface area contributed by atoms with Gasteiger partial charge in [0.05, 0.1) is 22.2 Å². The van der Waals surface area contributed by atoms with Gasteiger partial charge < -0.3 is 4.57 Å². The maximum absolute atomic E-state index is 14.9. The van der Waals surface area contributed by atoms with Crippen LogP contribution in [0.2, 0.25) is 0 Å². The maximum atomic E-state index is 14.9. The molecule has 0 unspecified atom stereocenters. The van der Waals surface area contributed by atoms with E-state index in [1.807, 2.05) is 103 Å². The average molecular weight is 791 g/mol. The molecule has 0 radical (unpaired) electrons. The molecule has 0 saturated carbocycles. The molecule has 9 rings (SSSR count). The van der Waals surface area contributed by atoms with E-state index in [4.69, 9.17) is 15.0 Å². The van der Waals surface area contributed by atoms with E-state index >= 15 is 0 Å². The Labute approximate surface area is 335 Å². The number of halogens is 6. The molecule has 2 aromatic heterocycles. The van der Waals surface area contributed by atoms with Gasteiger partial charge in [0.1, 0.15) is 0 Å². The number of rotatable bonds is 6. The molecule has 0 atom stereocenters. The van der Waals surface area contributed by atoms with Crippen molar-refractivity contribution in [3.8, 4) is 62.1 Å². The molecule has 0 aliphatic heterocycles. The van der Waals surface area contributed by atoms with Crippen LogP contribution in [0.3, 0.4) is 0 Å². The Kier molecular flexibility index (Phi) is 9.15. The van der Waals surface area contributed by atoms with Crippen LogP contribution in [0, 0.1) is 13.8 Å². The van der Waals surface area contributed by atoms with Crippen molar-refractivity contribution in [2.75, 3.05) is 0 Å². The molecule has 2 heterocycles. The third-order valence-corrected chi connectivity index (χ3v) is 10.4. The van der Waals surface area contributed by atoms with Crippen LogP contribution >= 0.6 is 0 Å². The molecule has 0 N–H and O–H groups in total. The number of benzene rings is 7. The van der Waals surface area contributed by atoms with E-state index in [0.29, 0.717) is 22.9 Å². The third-order valence-electron chi connectivity index (χ3n) is 10.4. The van der Waals surface area contributed by atoms with Crippen molar-refractivity contribution in [1.29, 1.82) is 0 Å². The van der Waals surface area contributed by atoms with Crippen molar-refractivity contribution >= 4 is 21.8 Å². The molecule has 0 bridgehead atoms. The molecule has 0 aliphatic carbocycles. The Bertz CT molecular complexity index is 2960. The molecule has 290 valence electrons. The fraction of sp³-hybridized carbons (Fsp3) is 0.0816. The zero-order valence-electron chi connectivity index (χ0n) is 31.6. The van der Waals surface area contributed by atoms with Gasteiger partial charge in [-0.1, -0.05) is 132 Å². The molecular weight excluding hydrogens is 759 g/mol. The van der Waals surface area contributed by atoms with Gasteiger partial charge in [-0.2, -0.15) is 26.3 Å². The van der Waals surface area contributed by atoms with E-state index in [0.717, 1.165) is 50.1 Å². The number of aromatic nitrogens is 4. The lowest BCUT2D eigenvalue weighted by Crippen LogP contribution is -2.12. The van der Waals surface area contributed by atoms with Crippen molar-refractivity contribution in [3.63, 3.8) is 0 Å². The summed E-state index contributed by atoms with van der Waals surface area (Å²) < 4.78 is 88.3. The standard InChI is InChI=1S/C49H32F6N4/c1-29-23-30(2)25-34(24-29)33-17-20-40-39-15-9-10-16-43(39)59(44(40)26-33)36-19-22-37(38-21-18-35(48(50,51)52)27-42(38)49(53,54)55)41(28-36)47-57-45(31-11-5-3-6-12-31)56-46(58-47)32-13-7-4-8-14-32/h3-28H,1-2H3. The molecule has 9 aromatic rings. The molecule has 4 nitrogen and oxygen atoms in total. The summed E-state index contributed by atoms with van der Waals surface area (Å²) in [6.07, 6.45) is -10.1. The number of hydrogen-bond acceptors (Lipinski definition) is 3. The van der Waals surface area contributed by atoms with Gasteiger partial charge in [0.15, 0.2) is 17.5 Å². The smallest absolute Gasteiger partial charge is 0.309 e. The Morgan fingerprint density at radius 2 is 0.983 bits per heavy atom. The van der Waals surface area contributed by atoms with Crippen molar-refractivity contribution in [2.45, 2.75) is 26.2 Å². The van der Waals surface area contributed by atoms with Gasteiger partial charge >= 0.3 is 12.4 Å². The first-order chi connectivity index (χ1) is 28.3. The predicted molar refractivity (Wildman–Crippen MR) is 221 cm³/mol. The number of fused-ring (bicyclic) bond motifs is 3. The SMILES string of the molecule is Cc1cc(C)cc(-c2ccc3c4ccccc4n(-c4ccc(-c5ccc(C(F)(F)F)cc5C(F)(F)F)c(-c5nc(-c6ccccc6)nc(-c6ccccc6)n5)c4)c3c2)c1. The minimum absolute atomic E-state index is 0.00397. The first kappa shape index (κ1) is 37.5. The lowest BCUT2D eigenvalue weighted by molar-refractivity contribution is -0.142. The number of nitrogens with zero attached hydrogens (tertiary/aromatic N) is 4. The molecular formula is C49H32F6N4. The Morgan fingerprint density at radius 1 is 0.407 bits per heavy atom. The van der Waals surface area contributed by atoms with E-state index in [1.165, 1.54) is 6.07 Å². The highest BCUT2D eigenvalue weighted by Gasteiger charge is 2.39. The summed E-state index contributed by atoms with van der Waals surface area (Å²) in [5, 5.41) is 1.92. The largest absolute Gasteiger partial charge is 0.417 e. The van der Waals surface area contributed by atoms with Crippen molar-refractivity contribution in [2.24, 2.45) is 0 Å². The van der Waals surface area contributed by atoms with Crippen molar-refractivity contribution < 1.29 is 26.3 Å². The highest BCUT2D eigenvalue weighted by molar-refractivity contribution is 6.10. The molecule has 0 amide bonds. The number of para-hydroxylation sites is 1. The molecule has 7 aromatic carbocycles. The second-order valence-corrected chi connectivity index (χ2v) is 14.5. The minimum Gasteiger partial charge on any atom is -0.309 e. The topological polar surface area (TPSA) is 43.6 Å². The first-order valence-corrected chi connectivity index (χ1v) is 18.7. The summed E-state index contributed by atoms with van der Waals surface area (Å²) in [7, 11) is 0. The summed E-state index contributed by atoms with van der Waals surface area (Å²) in [4.78, 5) is 14.5. The van der Waals surface area contributed by atoms with E-state index in [-0.39, 0.29) is 34.7 Å². The average Bonchev–Trinajstić information content (AvgIpc) is 3.56. The lowest BCUT2D eigenvalue weighted by Gasteiger charge is -2.19. The van der Waals surface area contributed by atoms with Crippen molar-refractivity contribution in [1.82, 2.24) is 19.5 Å². The van der Waals surface area contributed by atoms with Gasteiger partial charge in [0.2, 0.25) is 0 Å². The summed E-state index contributed by atoms with van der Waals surface area (Å²) >= 11 is 0. The molecule has 59 heavy (non-hydrogen) atoms. The van der Waals surface area contributed by atoms with Crippen LogP contribution in [0.5, 0.6) is 0 Å². The van der Waals surface area contributed by atoms with Gasteiger partial charge in [0.25, 0.3) is 0 Å². The summed E-state index contributed by atoms with van der Waals surface area (Å²) in [5.74, 6) is 0.577. The summed E-state index contributed by atoms with van der Waals surface area (Å²) in [5.41, 5.74) is 4.65. The van der Waals surface area contributed by atoms with Gasteiger partial charge in [-0.25, -0.2) is 15.0 Å². The van der Waals surface area contributed by atoms with E-state index in [1.54, 1.807) is 12.1 Å². The maximum Gasteiger partial charge on any atom is 0.417 e. The fourth-order valence-electron chi connectivity index (χ4n) is 7.78. The Balaban J connectivity index is 1.36. The van der Waals surface area contributed by atoms with Crippen LogP contribution in [0.1, 0.15) is 22.3 Å². The zero-order valence-corrected chi connectivity index (χ0v) is 31.6. The van der Waals surface area contributed by atoms with E-state index in [2.05, 4.69) is 36.4 Å². The minimum atomic E-state index is -5.13. The van der Waals surface area contributed by atoms with Crippen LogP contribution in [0.25, 0.3) is 83.9 Å². The summed E-state index contributed by atoms with van der Waals surface area (Å²) in [6, 6.07) is 45.2. The predicted octanol–water partition coefficient (Wildman–Crippen LogP) is 14.0. The lowest BCUT2D eigenvalue weighted by atomic mass is 9.92. The van der Waals surface area contributed by atoms with Crippen LogP contribution in [0.4, 0.5) is 26.3 Å². The zero-order chi connectivity index (χ0) is 41.1. The second-order valence-electron chi connectivity index (χ2n) is 14.5. The van der Waals surface area contributed by atoms with Crippen LogP contribution in [0.15, 0.2) is 158 Å². The molecule has 10 heteroatoms. The molecule has 0 aliphatic rings. The van der Waals surface area contributed by atoms with Crippen molar-refractivity contribution in [3.05, 3.63) is 180 Å². The third kappa shape index (κ3) is 7.11. The molecule has 0 spiro atoms. The van der Waals surface area contributed by atoms with Crippen LogP contribution < -0.4 is 0 Å². The number of aryl methyl sites for hydroxylation is 2. The molecule has 0 fully saturated rings. The summed E-state index contributed by atoms with van der Waals surface area (Å²) in [6.45, 7) is 4.09. The Morgan fingerprint density at radius 3 is 1.61 bits per heavy atom. The molecule has 0 saturated heterocycles. The van der Waals surface area contributed by atoms with E-state index < -0.39 is 29.0 Å².